The van der Waals surface area contributed by atoms with Crippen LogP contribution in [0.5, 0.6) is 5.75 Å². The molecule has 3 N–H and O–H groups in total. The molecule has 0 aliphatic heterocycles. The Labute approximate surface area is 78.4 Å². The van der Waals surface area contributed by atoms with Crippen molar-refractivity contribution in [1.82, 2.24) is 0 Å². The van der Waals surface area contributed by atoms with E-state index in [1.165, 1.54) is 6.07 Å². The number of aromatic hydroxyl groups is 1. The number of aliphatic hydroxyl groups is 2. The zero-order valence-electron chi connectivity index (χ0n) is 6.24. The average molecular weight is 233 g/mol. The lowest BCUT2D eigenvalue weighted by molar-refractivity contribution is 0.0935. The van der Waals surface area contributed by atoms with Crippen LogP contribution in [0.3, 0.4) is 0 Å². The third kappa shape index (κ3) is 1.97. The van der Waals surface area contributed by atoms with E-state index < -0.39 is 12.7 Å². The van der Waals surface area contributed by atoms with Crippen molar-refractivity contribution >= 4 is 15.9 Å². The van der Waals surface area contributed by atoms with Crippen LogP contribution in [0, 0.1) is 0 Å². The van der Waals surface area contributed by atoms with Crippen LogP contribution < -0.4 is 0 Å². The number of rotatable bonds is 2. The number of hydrogen-bond donors (Lipinski definition) is 3. The Kier molecular flexibility index (Phi) is 3.08. The van der Waals surface area contributed by atoms with Gasteiger partial charge in [-0.05, 0) is 12.1 Å². The molecule has 0 heterocycles. The molecular formula is C8H9BrO3. The molecule has 0 spiro atoms. The van der Waals surface area contributed by atoms with Crippen molar-refractivity contribution < 1.29 is 15.3 Å². The molecule has 0 fully saturated rings. The predicted molar refractivity (Wildman–Crippen MR) is 47.9 cm³/mol. The van der Waals surface area contributed by atoms with Gasteiger partial charge in [-0.2, -0.15) is 0 Å². The molecule has 0 aromatic heterocycles. The highest BCUT2D eigenvalue weighted by atomic mass is 79.9. The molecule has 1 rings (SSSR count). The summed E-state index contributed by atoms with van der Waals surface area (Å²) in [6.45, 7) is -0.394. The summed E-state index contributed by atoms with van der Waals surface area (Å²) in [4.78, 5) is 0. The minimum absolute atomic E-state index is 0.0223. The third-order valence-corrected chi connectivity index (χ3v) is 2.02. The van der Waals surface area contributed by atoms with E-state index in [9.17, 15) is 10.2 Å². The largest absolute Gasteiger partial charge is 0.508 e. The first-order valence-corrected chi connectivity index (χ1v) is 4.21. The Balaban J connectivity index is 3.01. The Hall–Kier alpha value is -0.580. The number of phenols is 1. The van der Waals surface area contributed by atoms with Crippen LogP contribution in [-0.2, 0) is 0 Å². The zero-order valence-corrected chi connectivity index (χ0v) is 7.82. The minimum atomic E-state index is -1.02. The van der Waals surface area contributed by atoms with Crippen molar-refractivity contribution in [2.75, 3.05) is 6.61 Å². The van der Waals surface area contributed by atoms with Gasteiger partial charge in [0.25, 0.3) is 0 Å². The Morgan fingerprint density at radius 3 is 2.58 bits per heavy atom. The molecule has 1 atom stereocenters. The second-order valence-corrected chi connectivity index (χ2v) is 3.32. The molecule has 1 unspecified atom stereocenters. The van der Waals surface area contributed by atoms with Crippen LogP contribution in [0.4, 0.5) is 0 Å². The monoisotopic (exact) mass is 232 g/mol. The standard InChI is InChI=1S/C8H9BrO3/c9-5-1-2-6(7(11)3-5)8(12)4-10/h1-3,8,10-12H,4H2. The first-order valence-electron chi connectivity index (χ1n) is 3.42. The van der Waals surface area contributed by atoms with Crippen LogP contribution >= 0.6 is 15.9 Å². The Bertz CT molecular complexity index is 275. The molecule has 0 amide bonds. The van der Waals surface area contributed by atoms with E-state index in [1.54, 1.807) is 12.1 Å². The molecule has 3 nitrogen and oxygen atoms in total. The van der Waals surface area contributed by atoms with Crippen molar-refractivity contribution in [1.29, 1.82) is 0 Å². The summed E-state index contributed by atoms with van der Waals surface area (Å²) in [5, 5.41) is 27.1. The summed E-state index contributed by atoms with van der Waals surface area (Å²) < 4.78 is 0.730. The molecule has 0 saturated heterocycles. The molecule has 1 aromatic rings. The summed E-state index contributed by atoms with van der Waals surface area (Å²) in [6.07, 6.45) is -1.02. The summed E-state index contributed by atoms with van der Waals surface area (Å²) in [5.41, 5.74) is 0.334. The predicted octanol–water partition coefficient (Wildman–Crippen LogP) is 1.18. The van der Waals surface area contributed by atoms with Gasteiger partial charge in [0.15, 0.2) is 0 Å². The SMILES string of the molecule is OCC(O)c1ccc(Br)cc1O. The maximum Gasteiger partial charge on any atom is 0.122 e. The van der Waals surface area contributed by atoms with E-state index >= 15 is 0 Å². The molecule has 0 aliphatic carbocycles. The van der Waals surface area contributed by atoms with Crippen LogP contribution in [0.2, 0.25) is 0 Å². The van der Waals surface area contributed by atoms with Crippen molar-refractivity contribution in [2.45, 2.75) is 6.10 Å². The van der Waals surface area contributed by atoms with Gasteiger partial charge < -0.3 is 15.3 Å². The molecule has 0 bridgehead atoms. The van der Waals surface area contributed by atoms with Gasteiger partial charge in [-0.15, -0.1) is 0 Å². The van der Waals surface area contributed by atoms with E-state index in [4.69, 9.17) is 5.11 Å². The van der Waals surface area contributed by atoms with Crippen molar-refractivity contribution in [3.05, 3.63) is 28.2 Å². The van der Waals surface area contributed by atoms with Gasteiger partial charge in [0.1, 0.15) is 11.9 Å². The van der Waals surface area contributed by atoms with E-state index in [-0.39, 0.29) is 5.75 Å². The number of hydrogen-bond acceptors (Lipinski definition) is 3. The fourth-order valence-corrected chi connectivity index (χ4v) is 1.25. The van der Waals surface area contributed by atoms with E-state index in [0.29, 0.717) is 5.56 Å². The minimum Gasteiger partial charge on any atom is -0.508 e. The highest BCUT2D eigenvalue weighted by molar-refractivity contribution is 9.10. The first-order chi connectivity index (χ1) is 5.65. The molecule has 0 saturated carbocycles. The van der Waals surface area contributed by atoms with Crippen molar-refractivity contribution in [2.24, 2.45) is 0 Å². The molecule has 12 heavy (non-hydrogen) atoms. The van der Waals surface area contributed by atoms with Crippen molar-refractivity contribution in [3.63, 3.8) is 0 Å². The summed E-state index contributed by atoms with van der Waals surface area (Å²) in [5.74, 6) is -0.0223. The number of aliphatic hydroxyl groups excluding tert-OH is 2. The third-order valence-electron chi connectivity index (χ3n) is 1.52. The van der Waals surface area contributed by atoms with Gasteiger partial charge in [0, 0.05) is 10.0 Å². The Morgan fingerprint density at radius 1 is 1.42 bits per heavy atom. The fourth-order valence-electron chi connectivity index (χ4n) is 0.897. The van der Waals surface area contributed by atoms with Gasteiger partial charge >= 0.3 is 0 Å². The van der Waals surface area contributed by atoms with Gasteiger partial charge in [0.2, 0.25) is 0 Å². The van der Waals surface area contributed by atoms with Crippen LogP contribution in [-0.4, -0.2) is 21.9 Å². The van der Waals surface area contributed by atoms with Crippen LogP contribution in [0.15, 0.2) is 22.7 Å². The second kappa shape index (κ2) is 3.89. The molecular weight excluding hydrogens is 224 g/mol. The summed E-state index contributed by atoms with van der Waals surface area (Å²) in [7, 11) is 0. The zero-order chi connectivity index (χ0) is 9.14. The normalized spacial score (nSPS) is 12.9. The highest BCUT2D eigenvalue weighted by Crippen LogP contribution is 2.26. The van der Waals surface area contributed by atoms with Gasteiger partial charge in [-0.3, -0.25) is 0 Å². The number of benzene rings is 1. The van der Waals surface area contributed by atoms with Gasteiger partial charge in [-0.1, -0.05) is 22.0 Å². The molecule has 0 aliphatic rings. The van der Waals surface area contributed by atoms with Crippen LogP contribution in [0.25, 0.3) is 0 Å². The van der Waals surface area contributed by atoms with Crippen molar-refractivity contribution in [3.8, 4) is 5.75 Å². The quantitative estimate of drug-likeness (QED) is 0.718. The fraction of sp³-hybridized carbons (Fsp3) is 0.250. The average Bonchev–Trinajstić information content (AvgIpc) is 2.03. The maximum atomic E-state index is 9.29. The lowest BCUT2D eigenvalue weighted by atomic mass is 10.1. The highest BCUT2D eigenvalue weighted by Gasteiger charge is 2.10. The summed E-state index contributed by atoms with van der Waals surface area (Å²) >= 11 is 3.16. The number of halogens is 1. The number of phenolic OH excluding ortho intramolecular Hbond substituents is 1. The molecule has 66 valence electrons. The molecule has 1 aromatic carbocycles. The lowest BCUT2D eigenvalue weighted by Gasteiger charge is -2.09. The lowest BCUT2D eigenvalue weighted by Crippen LogP contribution is -2.02. The Morgan fingerprint density at radius 2 is 2.08 bits per heavy atom. The molecule has 0 radical (unpaired) electrons. The maximum absolute atomic E-state index is 9.29. The van der Waals surface area contributed by atoms with Crippen LogP contribution in [0.1, 0.15) is 11.7 Å². The van der Waals surface area contributed by atoms with Gasteiger partial charge in [-0.25, -0.2) is 0 Å². The second-order valence-electron chi connectivity index (χ2n) is 2.40. The topological polar surface area (TPSA) is 60.7 Å². The van der Waals surface area contributed by atoms with E-state index in [2.05, 4.69) is 15.9 Å². The first kappa shape index (κ1) is 9.51. The van der Waals surface area contributed by atoms with E-state index in [1.807, 2.05) is 0 Å². The smallest absolute Gasteiger partial charge is 0.122 e. The van der Waals surface area contributed by atoms with E-state index in [0.717, 1.165) is 4.47 Å². The molecule has 4 heteroatoms. The van der Waals surface area contributed by atoms with Gasteiger partial charge in [0.05, 0.1) is 6.61 Å². The summed E-state index contributed by atoms with van der Waals surface area (Å²) in [6, 6.07) is 4.71.